The SMILES string of the molecule is Cc1nc2c([C@@H](O)C(=O)N3Cc4cn(S(=O)(=O)c5cnc6c(c5)OCCO6)cc4C3)cccc2o1. The van der Waals surface area contributed by atoms with E-state index in [9.17, 15) is 18.3 Å². The lowest BCUT2D eigenvalue weighted by molar-refractivity contribution is -0.141. The number of pyridine rings is 1. The van der Waals surface area contributed by atoms with Crippen molar-refractivity contribution in [2.45, 2.75) is 31.0 Å². The lowest BCUT2D eigenvalue weighted by Crippen LogP contribution is -2.31. The van der Waals surface area contributed by atoms with Gasteiger partial charge in [0.05, 0.1) is 6.20 Å². The first-order chi connectivity index (χ1) is 16.8. The first-order valence-corrected chi connectivity index (χ1v) is 12.3. The number of aliphatic hydroxyl groups excluding tert-OH is 1. The minimum atomic E-state index is -3.92. The third kappa shape index (κ3) is 3.53. The Morgan fingerprint density at radius 2 is 1.89 bits per heavy atom. The normalized spacial score (nSPS) is 15.9. The number of fused-ring (bicyclic) bond motifs is 3. The lowest BCUT2D eigenvalue weighted by Gasteiger charge is -2.20. The van der Waals surface area contributed by atoms with Gasteiger partial charge < -0.3 is 23.9 Å². The molecule has 3 aromatic heterocycles. The van der Waals surface area contributed by atoms with Crippen LogP contribution in [0.4, 0.5) is 0 Å². The van der Waals surface area contributed by atoms with Gasteiger partial charge in [0.15, 0.2) is 23.3 Å². The number of nitrogens with zero attached hydrogens (tertiary/aromatic N) is 4. The molecule has 2 aliphatic heterocycles. The second-order valence-electron chi connectivity index (χ2n) is 8.34. The minimum absolute atomic E-state index is 0.0326. The number of para-hydroxylation sites is 1. The van der Waals surface area contributed by atoms with E-state index in [0.29, 0.717) is 46.9 Å². The molecule has 0 saturated carbocycles. The zero-order valence-corrected chi connectivity index (χ0v) is 19.4. The van der Waals surface area contributed by atoms with Gasteiger partial charge in [-0.25, -0.2) is 22.4 Å². The van der Waals surface area contributed by atoms with E-state index in [1.165, 1.54) is 29.6 Å². The third-order valence-electron chi connectivity index (χ3n) is 6.05. The Kier molecular flexibility index (Phi) is 4.83. The van der Waals surface area contributed by atoms with Gasteiger partial charge in [-0.2, -0.15) is 0 Å². The van der Waals surface area contributed by atoms with Crippen molar-refractivity contribution < 1.29 is 32.2 Å². The summed E-state index contributed by atoms with van der Waals surface area (Å²) in [5.74, 6) is 0.474. The number of aliphatic hydroxyl groups is 1. The number of carbonyl (C=O) groups excluding carboxylic acids is 1. The molecule has 1 amide bonds. The van der Waals surface area contributed by atoms with Crippen LogP contribution in [0.5, 0.6) is 11.6 Å². The smallest absolute Gasteiger partial charge is 0.269 e. The van der Waals surface area contributed by atoms with Crippen LogP contribution in [-0.2, 0) is 27.9 Å². The van der Waals surface area contributed by atoms with Crippen molar-refractivity contribution >= 4 is 27.0 Å². The maximum absolute atomic E-state index is 13.2. The molecule has 0 unspecified atom stereocenters. The molecule has 2 aliphatic rings. The standard InChI is InChI=1S/C23H20N4O7S/c1-13-25-20-17(3-2-4-18(20)34-13)21(28)23(29)26-9-14-11-27(12-15(14)10-26)35(30,31)16-7-19-22(24-8-16)33-6-5-32-19/h2-4,7-8,11-12,21,28H,5-6,9-10H2,1H3/t21-/m1/s1. The van der Waals surface area contributed by atoms with Gasteiger partial charge >= 0.3 is 0 Å². The van der Waals surface area contributed by atoms with E-state index in [0.717, 1.165) is 3.97 Å². The van der Waals surface area contributed by atoms with Crippen LogP contribution in [0.3, 0.4) is 0 Å². The summed E-state index contributed by atoms with van der Waals surface area (Å²) in [6.45, 7) is 2.70. The number of oxazole rings is 1. The molecule has 5 heterocycles. The van der Waals surface area contributed by atoms with E-state index in [1.54, 1.807) is 25.1 Å². The third-order valence-corrected chi connectivity index (χ3v) is 7.63. The summed E-state index contributed by atoms with van der Waals surface area (Å²) in [4.78, 5) is 22.8. The van der Waals surface area contributed by atoms with Crippen LogP contribution in [0, 0.1) is 6.92 Å². The molecule has 35 heavy (non-hydrogen) atoms. The van der Waals surface area contributed by atoms with Crippen molar-refractivity contribution in [2.24, 2.45) is 0 Å². The topological polar surface area (TPSA) is 137 Å². The fraction of sp³-hybridized carbons (Fsp3) is 0.261. The molecule has 1 aromatic carbocycles. The van der Waals surface area contributed by atoms with Gasteiger partial charge in [-0.3, -0.25) is 4.79 Å². The average molecular weight is 497 g/mol. The highest BCUT2D eigenvalue weighted by molar-refractivity contribution is 7.90. The number of benzene rings is 1. The Morgan fingerprint density at radius 3 is 2.66 bits per heavy atom. The van der Waals surface area contributed by atoms with Crippen LogP contribution in [-0.4, -0.2) is 51.5 Å². The highest BCUT2D eigenvalue weighted by Gasteiger charge is 2.33. The van der Waals surface area contributed by atoms with Crippen LogP contribution in [0.25, 0.3) is 11.1 Å². The lowest BCUT2D eigenvalue weighted by atomic mass is 10.1. The number of carbonyl (C=O) groups is 1. The van der Waals surface area contributed by atoms with Crippen LogP contribution in [0.2, 0.25) is 0 Å². The second kappa shape index (κ2) is 7.82. The van der Waals surface area contributed by atoms with Crippen molar-refractivity contribution in [3.63, 3.8) is 0 Å². The Bertz CT molecular complexity index is 1570. The van der Waals surface area contributed by atoms with Crippen molar-refractivity contribution in [3.8, 4) is 11.6 Å². The summed E-state index contributed by atoms with van der Waals surface area (Å²) < 4.78 is 43.7. The largest absolute Gasteiger partial charge is 0.484 e. The second-order valence-corrected chi connectivity index (χ2v) is 10.2. The molecule has 0 aliphatic carbocycles. The predicted molar refractivity (Wildman–Crippen MR) is 120 cm³/mol. The zero-order valence-electron chi connectivity index (χ0n) is 18.5. The Balaban J connectivity index is 1.22. The Labute approximate surface area is 199 Å². The Morgan fingerprint density at radius 1 is 1.14 bits per heavy atom. The van der Waals surface area contributed by atoms with Gasteiger partial charge in [0, 0.05) is 44.0 Å². The molecule has 0 fully saturated rings. The van der Waals surface area contributed by atoms with E-state index in [-0.39, 0.29) is 29.6 Å². The molecule has 4 aromatic rings. The number of hydrogen-bond donors (Lipinski definition) is 1. The van der Waals surface area contributed by atoms with Gasteiger partial charge in [-0.1, -0.05) is 12.1 Å². The molecule has 11 nitrogen and oxygen atoms in total. The highest BCUT2D eigenvalue weighted by atomic mass is 32.2. The van der Waals surface area contributed by atoms with E-state index < -0.39 is 22.0 Å². The summed E-state index contributed by atoms with van der Waals surface area (Å²) in [5, 5.41) is 10.8. The highest BCUT2D eigenvalue weighted by Crippen LogP contribution is 2.33. The van der Waals surface area contributed by atoms with Gasteiger partial charge in [-0.15, -0.1) is 0 Å². The van der Waals surface area contributed by atoms with Gasteiger partial charge in [0.2, 0.25) is 0 Å². The summed E-state index contributed by atoms with van der Waals surface area (Å²) >= 11 is 0. The zero-order chi connectivity index (χ0) is 24.3. The van der Waals surface area contributed by atoms with Crippen molar-refractivity contribution in [3.05, 3.63) is 65.4 Å². The molecular formula is C23H20N4O7S. The fourth-order valence-corrected chi connectivity index (χ4v) is 5.56. The van der Waals surface area contributed by atoms with Crippen LogP contribution < -0.4 is 9.47 Å². The molecule has 0 saturated heterocycles. The summed E-state index contributed by atoms with van der Waals surface area (Å²) in [6, 6.07) is 6.44. The molecular weight excluding hydrogens is 476 g/mol. The number of ether oxygens (including phenoxy) is 2. The number of rotatable bonds is 4. The monoisotopic (exact) mass is 496 g/mol. The molecule has 12 heteroatoms. The summed E-state index contributed by atoms with van der Waals surface area (Å²) in [7, 11) is -3.92. The van der Waals surface area contributed by atoms with Crippen LogP contribution >= 0.6 is 0 Å². The molecule has 180 valence electrons. The van der Waals surface area contributed by atoms with Crippen LogP contribution in [0.15, 0.2) is 52.2 Å². The fourth-order valence-electron chi connectivity index (χ4n) is 4.34. The number of aryl methyl sites for hydroxylation is 1. The summed E-state index contributed by atoms with van der Waals surface area (Å²) in [5.41, 5.74) is 2.64. The van der Waals surface area contributed by atoms with E-state index in [2.05, 4.69) is 9.97 Å². The maximum Gasteiger partial charge on any atom is 0.269 e. The summed E-state index contributed by atoms with van der Waals surface area (Å²) in [6.07, 6.45) is 2.75. The molecule has 6 rings (SSSR count). The van der Waals surface area contributed by atoms with Gasteiger partial charge in [-0.05, 0) is 17.2 Å². The van der Waals surface area contributed by atoms with Crippen molar-refractivity contribution in [1.29, 1.82) is 0 Å². The molecule has 0 spiro atoms. The first-order valence-electron chi connectivity index (χ1n) is 10.8. The van der Waals surface area contributed by atoms with Crippen LogP contribution in [0.1, 0.15) is 28.7 Å². The number of hydrogen-bond acceptors (Lipinski definition) is 9. The molecule has 0 radical (unpaired) electrons. The quantitative estimate of drug-likeness (QED) is 0.449. The predicted octanol–water partition coefficient (Wildman–Crippen LogP) is 1.92. The van der Waals surface area contributed by atoms with Gasteiger partial charge in [0.1, 0.15) is 23.6 Å². The van der Waals surface area contributed by atoms with E-state index >= 15 is 0 Å². The minimum Gasteiger partial charge on any atom is -0.484 e. The average Bonchev–Trinajstić information content (AvgIpc) is 3.55. The van der Waals surface area contributed by atoms with Gasteiger partial charge in [0.25, 0.3) is 21.8 Å². The van der Waals surface area contributed by atoms with Crippen molar-refractivity contribution in [1.82, 2.24) is 18.8 Å². The molecule has 1 N–H and O–H groups in total. The first kappa shape index (κ1) is 21.6. The van der Waals surface area contributed by atoms with E-state index in [4.69, 9.17) is 13.9 Å². The maximum atomic E-state index is 13.2. The van der Waals surface area contributed by atoms with Crippen molar-refractivity contribution in [2.75, 3.05) is 13.2 Å². The molecule has 0 bridgehead atoms. The van der Waals surface area contributed by atoms with E-state index in [1.807, 2.05) is 0 Å². The number of aromatic nitrogens is 3. The molecule has 1 atom stereocenters. The number of amides is 1. The Hall–Kier alpha value is -3.90.